The highest BCUT2D eigenvalue weighted by atomic mass is 16.3. The molecule has 3 rings (SSSR count). The van der Waals surface area contributed by atoms with Gasteiger partial charge >= 0.3 is 0 Å². The van der Waals surface area contributed by atoms with Gasteiger partial charge in [-0.3, -0.25) is 4.79 Å². The molecule has 104 valence electrons. The zero-order valence-electron chi connectivity index (χ0n) is 11.2. The van der Waals surface area contributed by atoms with Crippen LogP contribution in [0.3, 0.4) is 0 Å². The lowest BCUT2D eigenvalue weighted by Gasteiger charge is -2.12. The molecule has 2 aromatic rings. The second kappa shape index (κ2) is 5.20. The van der Waals surface area contributed by atoms with E-state index in [1.165, 1.54) is 10.9 Å². The number of aromatic nitrogens is 3. The van der Waals surface area contributed by atoms with E-state index >= 15 is 0 Å². The van der Waals surface area contributed by atoms with E-state index in [0.29, 0.717) is 17.7 Å². The average Bonchev–Trinajstić information content (AvgIpc) is 2.99. The van der Waals surface area contributed by atoms with Crippen molar-refractivity contribution in [3.8, 4) is 0 Å². The van der Waals surface area contributed by atoms with Gasteiger partial charge in [-0.2, -0.15) is 0 Å². The third-order valence-corrected chi connectivity index (χ3v) is 3.21. The van der Waals surface area contributed by atoms with Crippen molar-refractivity contribution in [2.45, 2.75) is 6.42 Å². The fourth-order valence-corrected chi connectivity index (χ4v) is 2.09. The first kappa shape index (κ1) is 13.1. The fourth-order valence-electron chi connectivity index (χ4n) is 2.09. The van der Waals surface area contributed by atoms with E-state index in [4.69, 9.17) is 0 Å². The molecular formula is C16H13N3O2. The molecule has 0 aliphatic heterocycles. The van der Waals surface area contributed by atoms with Crippen molar-refractivity contribution < 1.29 is 9.90 Å². The number of hydrogen-bond donors (Lipinski definition) is 1. The Kier molecular flexibility index (Phi) is 3.23. The number of nitrogens with zero attached hydrogens (tertiary/aromatic N) is 3. The normalized spacial score (nSPS) is 14.6. The van der Waals surface area contributed by atoms with Gasteiger partial charge in [-0.15, -0.1) is 5.10 Å². The Bertz CT molecular complexity index is 770. The number of aliphatic hydroxyl groups is 1. The molecule has 0 saturated carbocycles. The highest BCUT2D eigenvalue weighted by Gasteiger charge is 2.17. The van der Waals surface area contributed by atoms with E-state index in [1.807, 2.05) is 6.07 Å². The third kappa shape index (κ3) is 2.53. The first-order chi connectivity index (χ1) is 10.1. The molecule has 1 heterocycles. The molecule has 0 atom stereocenters. The van der Waals surface area contributed by atoms with E-state index in [0.717, 1.165) is 5.57 Å². The summed E-state index contributed by atoms with van der Waals surface area (Å²) in [6, 6.07) is 8.88. The van der Waals surface area contributed by atoms with Crippen LogP contribution in [-0.4, -0.2) is 25.9 Å². The van der Waals surface area contributed by atoms with Crippen molar-refractivity contribution in [3.05, 3.63) is 77.8 Å². The van der Waals surface area contributed by atoms with E-state index < -0.39 is 0 Å². The minimum Gasteiger partial charge on any atom is -0.506 e. The topological polar surface area (TPSA) is 68.0 Å². The largest absolute Gasteiger partial charge is 0.506 e. The Balaban J connectivity index is 1.92. The third-order valence-electron chi connectivity index (χ3n) is 3.21. The summed E-state index contributed by atoms with van der Waals surface area (Å²) in [5.74, 6) is -0.0990. The van der Waals surface area contributed by atoms with Crippen LogP contribution in [-0.2, 0) is 0 Å². The van der Waals surface area contributed by atoms with Crippen molar-refractivity contribution in [2.75, 3.05) is 0 Å². The summed E-state index contributed by atoms with van der Waals surface area (Å²) in [5.41, 5.74) is 2.20. The molecule has 0 unspecified atom stereocenters. The highest BCUT2D eigenvalue weighted by Crippen LogP contribution is 2.24. The summed E-state index contributed by atoms with van der Waals surface area (Å²) < 4.78 is 1.42. The number of benzene rings is 1. The number of ketones is 1. The van der Waals surface area contributed by atoms with Crippen LogP contribution in [0.25, 0.3) is 5.70 Å². The van der Waals surface area contributed by atoms with Crippen molar-refractivity contribution in [3.63, 3.8) is 0 Å². The quantitative estimate of drug-likeness (QED) is 0.877. The van der Waals surface area contributed by atoms with Gasteiger partial charge in [-0.05, 0) is 11.6 Å². The molecule has 1 N–H and O–H groups in total. The minimum absolute atomic E-state index is 0.103. The predicted octanol–water partition coefficient (Wildman–Crippen LogP) is 2.75. The zero-order valence-corrected chi connectivity index (χ0v) is 11.2. The van der Waals surface area contributed by atoms with Gasteiger partial charge in [0, 0.05) is 12.0 Å². The van der Waals surface area contributed by atoms with Crippen LogP contribution in [0.5, 0.6) is 0 Å². The Morgan fingerprint density at radius 2 is 2.00 bits per heavy atom. The van der Waals surface area contributed by atoms with Crippen molar-refractivity contribution in [1.29, 1.82) is 0 Å². The van der Waals surface area contributed by atoms with Crippen molar-refractivity contribution in [2.24, 2.45) is 0 Å². The van der Waals surface area contributed by atoms with E-state index in [1.54, 1.807) is 36.4 Å². The molecule has 5 heteroatoms. The van der Waals surface area contributed by atoms with E-state index in [9.17, 15) is 9.90 Å². The molecule has 0 fully saturated rings. The van der Waals surface area contributed by atoms with Crippen LogP contribution in [0.1, 0.15) is 22.5 Å². The smallest absolute Gasteiger partial charge is 0.214 e. The van der Waals surface area contributed by atoms with Crippen molar-refractivity contribution in [1.82, 2.24) is 15.0 Å². The average molecular weight is 279 g/mol. The van der Waals surface area contributed by atoms with Crippen molar-refractivity contribution >= 4 is 11.5 Å². The van der Waals surface area contributed by atoms with Gasteiger partial charge in [-0.1, -0.05) is 48.2 Å². The molecule has 5 nitrogen and oxygen atoms in total. The number of rotatable bonds is 3. The number of aliphatic hydroxyl groups excluding tert-OH is 1. The highest BCUT2D eigenvalue weighted by molar-refractivity contribution is 6.07. The molecular weight excluding hydrogens is 266 g/mol. The minimum atomic E-state index is -0.202. The Labute approximate surface area is 121 Å². The van der Waals surface area contributed by atoms with Crippen LogP contribution in [0.4, 0.5) is 0 Å². The van der Waals surface area contributed by atoms with E-state index in [-0.39, 0.29) is 17.2 Å². The fraction of sp³-hybridized carbons (Fsp3) is 0.0625. The van der Waals surface area contributed by atoms with Gasteiger partial charge in [0.15, 0.2) is 5.69 Å². The van der Waals surface area contributed by atoms with Gasteiger partial charge in [0.25, 0.3) is 0 Å². The summed E-state index contributed by atoms with van der Waals surface area (Å²) in [7, 11) is 0. The zero-order chi connectivity index (χ0) is 14.8. The van der Waals surface area contributed by atoms with Gasteiger partial charge in [-0.25, -0.2) is 4.68 Å². The van der Waals surface area contributed by atoms with Crippen LogP contribution < -0.4 is 0 Å². The molecule has 0 bridgehead atoms. The van der Waals surface area contributed by atoms with Crippen LogP contribution in [0.15, 0.2) is 66.6 Å². The standard InChI is InChI=1S/C16H13N3O2/c1-11-7-8-15(20)14(9-11)19-10-13(17-18-19)16(21)12-5-3-2-4-6-12/h2-8,10,20H,1,9H2. The maximum atomic E-state index is 12.3. The predicted molar refractivity (Wildman–Crippen MR) is 78.6 cm³/mol. The number of carbonyl (C=O) groups is 1. The summed E-state index contributed by atoms with van der Waals surface area (Å²) in [4.78, 5) is 12.3. The number of carbonyl (C=O) groups excluding carboxylic acids is 1. The lowest BCUT2D eigenvalue weighted by atomic mass is 10.1. The molecule has 1 aromatic heterocycles. The Morgan fingerprint density at radius 3 is 2.76 bits per heavy atom. The Morgan fingerprint density at radius 1 is 1.24 bits per heavy atom. The molecule has 0 saturated heterocycles. The SMILES string of the molecule is C=C1C=CC(O)=C(n2cc(C(=O)c3ccccc3)nn2)C1. The summed E-state index contributed by atoms with van der Waals surface area (Å²) >= 11 is 0. The van der Waals surface area contributed by atoms with Gasteiger partial charge in [0.2, 0.25) is 5.78 Å². The molecule has 1 aliphatic carbocycles. The summed E-state index contributed by atoms with van der Waals surface area (Å²) in [5, 5.41) is 17.7. The molecule has 21 heavy (non-hydrogen) atoms. The van der Waals surface area contributed by atoms with E-state index in [2.05, 4.69) is 16.9 Å². The number of hydrogen-bond acceptors (Lipinski definition) is 4. The second-order valence-corrected chi connectivity index (χ2v) is 4.74. The maximum absolute atomic E-state index is 12.3. The lowest BCUT2D eigenvalue weighted by Crippen LogP contribution is -2.05. The summed E-state index contributed by atoms with van der Waals surface area (Å²) in [6.45, 7) is 3.85. The molecule has 1 aromatic carbocycles. The second-order valence-electron chi connectivity index (χ2n) is 4.74. The van der Waals surface area contributed by atoms with Gasteiger partial charge in [0.05, 0.1) is 11.9 Å². The first-order valence-electron chi connectivity index (χ1n) is 6.45. The molecule has 1 aliphatic rings. The van der Waals surface area contributed by atoms with Crippen LogP contribution in [0.2, 0.25) is 0 Å². The van der Waals surface area contributed by atoms with Crippen LogP contribution >= 0.6 is 0 Å². The summed E-state index contributed by atoms with van der Waals surface area (Å²) in [6.07, 6.45) is 5.28. The Hall–Kier alpha value is -2.95. The first-order valence-corrected chi connectivity index (χ1v) is 6.45. The number of allylic oxidation sites excluding steroid dienone is 4. The van der Waals surface area contributed by atoms with Gasteiger partial charge in [0.1, 0.15) is 5.76 Å². The molecule has 0 radical (unpaired) electrons. The van der Waals surface area contributed by atoms with Gasteiger partial charge < -0.3 is 5.11 Å². The maximum Gasteiger partial charge on any atom is 0.214 e. The molecule has 0 amide bonds. The monoisotopic (exact) mass is 279 g/mol. The lowest BCUT2D eigenvalue weighted by molar-refractivity contribution is 0.103. The van der Waals surface area contributed by atoms with Crippen LogP contribution in [0, 0.1) is 0 Å². The molecule has 0 spiro atoms.